The molecule has 2 aliphatic rings. The summed E-state index contributed by atoms with van der Waals surface area (Å²) >= 11 is 0. The first kappa shape index (κ1) is 21.8. The molecule has 1 aromatic rings. The molecule has 6 nitrogen and oxygen atoms in total. The van der Waals surface area contributed by atoms with Crippen LogP contribution >= 0.6 is 0 Å². The zero-order chi connectivity index (χ0) is 21.1. The van der Waals surface area contributed by atoms with Gasteiger partial charge in [-0.05, 0) is 45.1 Å². The maximum Gasteiger partial charge on any atom is 0.220 e. The molecule has 0 radical (unpaired) electrons. The Balaban J connectivity index is 1.78. The van der Waals surface area contributed by atoms with Crippen LogP contribution in [0.1, 0.15) is 64.4 Å². The van der Waals surface area contributed by atoms with Crippen molar-refractivity contribution in [2.45, 2.75) is 82.0 Å². The van der Waals surface area contributed by atoms with E-state index in [4.69, 9.17) is 10.5 Å². The van der Waals surface area contributed by atoms with Crippen LogP contribution in [-0.2, 0) is 19.7 Å². The Morgan fingerprint density at radius 1 is 1.17 bits per heavy atom. The standard InChI is InChI=1S/C23H34N2O4/c1-22(2)14-18(26)17-10-12-23(13-11-19(17)29-22,16-6-4-3-5-7-16)15-25-21(28)9-8-20(24)27/h3-7,17-19,26H,8-15H2,1-2H3,(H2,24,27)(H,25,28)/t17-,18+,19+,23+/m1/s1. The molecule has 4 N–H and O–H groups in total. The Morgan fingerprint density at radius 3 is 2.55 bits per heavy atom. The van der Waals surface area contributed by atoms with Crippen molar-refractivity contribution < 1.29 is 19.4 Å². The number of carbonyl (C=O) groups excluding carboxylic acids is 2. The van der Waals surface area contributed by atoms with E-state index in [0.29, 0.717) is 13.0 Å². The molecule has 1 saturated carbocycles. The van der Waals surface area contributed by atoms with Crippen LogP contribution in [0.15, 0.2) is 30.3 Å². The van der Waals surface area contributed by atoms with Crippen LogP contribution in [-0.4, -0.2) is 41.3 Å². The molecule has 0 bridgehead atoms. The Hall–Kier alpha value is -1.92. The van der Waals surface area contributed by atoms with Crippen molar-refractivity contribution in [1.29, 1.82) is 0 Å². The summed E-state index contributed by atoms with van der Waals surface area (Å²) in [6, 6.07) is 10.3. The van der Waals surface area contributed by atoms with E-state index >= 15 is 0 Å². The molecule has 0 unspecified atom stereocenters. The summed E-state index contributed by atoms with van der Waals surface area (Å²) in [5, 5.41) is 13.8. The maximum absolute atomic E-state index is 12.3. The fourth-order valence-electron chi connectivity index (χ4n) is 5.04. The summed E-state index contributed by atoms with van der Waals surface area (Å²) in [4.78, 5) is 23.2. The van der Waals surface area contributed by atoms with Gasteiger partial charge in [-0.3, -0.25) is 9.59 Å². The molecule has 6 heteroatoms. The third-order valence-electron chi connectivity index (χ3n) is 6.62. The van der Waals surface area contributed by atoms with E-state index in [0.717, 1.165) is 25.7 Å². The Labute approximate surface area is 173 Å². The number of ether oxygens (including phenoxy) is 1. The van der Waals surface area contributed by atoms with Gasteiger partial charge in [-0.25, -0.2) is 0 Å². The molecule has 1 aromatic carbocycles. The van der Waals surface area contributed by atoms with Crippen molar-refractivity contribution in [2.75, 3.05) is 6.54 Å². The number of hydrogen-bond acceptors (Lipinski definition) is 4. The van der Waals surface area contributed by atoms with E-state index in [1.54, 1.807) is 0 Å². The van der Waals surface area contributed by atoms with E-state index in [-0.39, 0.29) is 47.9 Å². The van der Waals surface area contributed by atoms with E-state index < -0.39 is 5.91 Å². The van der Waals surface area contributed by atoms with E-state index in [9.17, 15) is 14.7 Å². The summed E-state index contributed by atoms with van der Waals surface area (Å²) < 4.78 is 6.35. The zero-order valence-electron chi connectivity index (χ0n) is 17.5. The highest BCUT2D eigenvalue weighted by molar-refractivity contribution is 5.82. The summed E-state index contributed by atoms with van der Waals surface area (Å²) in [5.74, 6) is -0.498. The normalized spacial score (nSPS) is 31.3. The van der Waals surface area contributed by atoms with Crippen molar-refractivity contribution in [3.05, 3.63) is 35.9 Å². The number of nitrogens with one attached hydrogen (secondary N) is 1. The molecule has 1 heterocycles. The molecular formula is C23H34N2O4. The highest BCUT2D eigenvalue weighted by Gasteiger charge is 2.46. The predicted molar refractivity (Wildman–Crippen MR) is 111 cm³/mol. The van der Waals surface area contributed by atoms with E-state index in [2.05, 4.69) is 17.4 Å². The average Bonchev–Trinajstić information content (AvgIpc) is 2.85. The summed E-state index contributed by atoms with van der Waals surface area (Å²) in [5.41, 5.74) is 5.83. The quantitative estimate of drug-likeness (QED) is 0.680. The van der Waals surface area contributed by atoms with Crippen molar-refractivity contribution >= 4 is 11.8 Å². The highest BCUT2D eigenvalue weighted by Crippen LogP contribution is 2.45. The van der Waals surface area contributed by atoms with Gasteiger partial charge in [-0.15, -0.1) is 0 Å². The van der Waals surface area contributed by atoms with Crippen LogP contribution in [0.4, 0.5) is 0 Å². The zero-order valence-corrected chi connectivity index (χ0v) is 17.5. The minimum atomic E-state index is -0.467. The smallest absolute Gasteiger partial charge is 0.220 e. The number of fused-ring (bicyclic) bond motifs is 1. The molecule has 4 atom stereocenters. The molecule has 3 rings (SSSR count). The second kappa shape index (κ2) is 8.84. The number of carbonyl (C=O) groups is 2. The Kier molecular flexibility index (Phi) is 6.64. The molecule has 2 fully saturated rings. The van der Waals surface area contributed by atoms with E-state index in [1.807, 2.05) is 32.0 Å². The summed E-state index contributed by atoms with van der Waals surface area (Å²) in [6.45, 7) is 4.59. The molecule has 1 aliphatic carbocycles. The number of nitrogens with two attached hydrogens (primary N) is 1. The van der Waals surface area contributed by atoms with Gasteiger partial charge in [0.1, 0.15) is 0 Å². The third-order valence-corrected chi connectivity index (χ3v) is 6.62. The predicted octanol–water partition coefficient (Wildman–Crippen LogP) is 2.42. The maximum atomic E-state index is 12.3. The van der Waals surface area contributed by atoms with Gasteiger partial charge in [0.05, 0.1) is 17.8 Å². The lowest BCUT2D eigenvalue weighted by Gasteiger charge is -2.43. The van der Waals surface area contributed by atoms with E-state index in [1.165, 1.54) is 5.56 Å². The number of aliphatic hydroxyl groups is 1. The fraction of sp³-hybridized carbons (Fsp3) is 0.652. The van der Waals surface area contributed by atoms with Crippen LogP contribution in [0.3, 0.4) is 0 Å². The highest BCUT2D eigenvalue weighted by atomic mass is 16.5. The molecule has 2 amide bonds. The van der Waals surface area contributed by atoms with Crippen molar-refractivity contribution in [2.24, 2.45) is 11.7 Å². The van der Waals surface area contributed by atoms with Gasteiger partial charge < -0.3 is 20.9 Å². The van der Waals surface area contributed by atoms with Crippen molar-refractivity contribution in [1.82, 2.24) is 5.32 Å². The molecule has 0 spiro atoms. The van der Waals surface area contributed by atoms with Gasteiger partial charge in [0.15, 0.2) is 0 Å². The number of aliphatic hydroxyl groups excluding tert-OH is 1. The topological polar surface area (TPSA) is 102 Å². The third kappa shape index (κ3) is 5.37. The Morgan fingerprint density at radius 2 is 1.86 bits per heavy atom. The number of hydrogen-bond donors (Lipinski definition) is 3. The first-order valence-corrected chi connectivity index (χ1v) is 10.7. The molecular weight excluding hydrogens is 368 g/mol. The van der Waals surface area contributed by atoms with Crippen LogP contribution in [0.5, 0.6) is 0 Å². The van der Waals surface area contributed by atoms with Gasteiger partial charge in [0.25, 0.3) is 0 Å². The second-order valence-electron chi connectivity index (χ2n) is 9.32. The van der Waals surface area contributed by atoms with Gasteiger partial charge in [-0.2, -0.15) is 0 Å². The first-order chi connectivity index (χ1) is 13.7. The lowest BCUT2D eigenvalue weighted by Crippen LogP contribution is -2.48. The van der Waals surface area contributed by atoms with Crippen LogP contribution in [0.2, 0.25) is 0 Å². The number of rotatable bonds is 6. The minimum absolute atomic E-state index is 0.0323. The lowest BCUT2D eigenvalue weighted by molar-refractivity contribution is -0.178. The summed E-state index contributed by atoms with van der Waals surface area (Å²) in [6.07, 6.45) is 3.93. The van der Waals surface area contributed by atoms with Crippen LogP contribution in [0, 0.1) is 5.92 Å². The first-order valence-electron chi connectivity index (χ1n) is 10.7. The lowest BCUT2D eigenvalue weighted by atomic mass is 9.73. The molecule has 1 saturated heterocycles. The number of primary amides is 1. The number of benzene rings is 1. The van der Waals surface area contributed by atoms with Gasteiger partial charge >= 0.3 is 0 Å². The van der Waals surface area contributed by atoms with Crippen LogP contribution in [0.25, 0.3) is 0 Å². The molecule has 1 aliphatic heterocycles. The SMILES string of the molecule is CC1(C)C[C@H](O)[C@H]2CC[C@](CNC(=O)CCC(N)=O)(c3ccccc3)CC[C@@H]2O1. The van der Waals surface area contributed by atoms with Gasteiger partial charge in [0, 0.05) is 37.1 Å². The van der Waals surface area contributed by atoms with Gasteiger partial charge in [0.2, 0.25) is 11.8 Å². The largest absolute Gasteiger partial charge is 0.393 e. The number of amides is 2. The molecule has 160 valence electrons. The Bertz CT molecular complexity index is 721. The summed E-state index contributed by atoms with van der Waals surface area (Å²) in [7, 11) is 0. The van der Waals surface area contributed by atoms with Crippen molar-refractivity contribution in [3.8, 4) is 0 Å². The van der Waals surface area contributed by atoms with Gasteiger partial charge in [-0.1, -0.05) is 30.3 Å². The fourth-order valence-corrected chi connectivity index (χ4v) is 5.04. The molecule has 0 aromatic heterocycles. The second-order valence-corrected chi connectivity index (χ2v) is 9.32. The molecule has 29 heavy (non-hydrogen) atoms. The monoisotopic (exact) mass is 402 g/mol. The minimum Gasteiger partial charge on any atom is -0.393 e. The average molecular weight is 403 g/mol. The van der Waals surface area contributed by atoms with Crippen molar-refractivity contribution in [3.63, 3.8) is 0 Å². The van der Waals surface area contributed by atoms with Crippen LogP contribution < -0.4 is 11.1 Å².